The van der Waals surface area contributed by atoms with Gasteiger partial charge in [0.25, 0.3) is 5.91 Å². The van der Waals surface area contributed by atoms with Gasteiger partial charge in [-0.3, -0.25) is 4.79 Å². The van der Waals surface area contributed by atoms with Crippen molar-refractivity contribution in [2.24, 2.45) is 5.92 Å². The Morgan fingerprint density at radius 3 is 2.45 bits per heavy atom. The largest absolute Gasteiger partial charge is 0.322 e. The van der Waals surface area contributed by atoms with E-state index >= 15 is 0 Å². The van der Waals surface area contributed by atoms with Gasteiger partial charge < -0.3 is 10.2 Å². The van der Waals surface area contributed by atoms with Crippen LogP contribution in [0.2, 0.25) is 5.02 Å². The molecule has 0 aromatic heterocycles. The van der Waals surface area contributed by atoms with Gasteiger partial charge in [-0.25, -0.2) is 0 Å². The molecule has 3 aromatic carbocycles. The van der Waals surface area contributed by atoms with Gasteiger partial charge in [-0.05, 0) is 104 Å². The summed E-state index contributed by atoms with van der Waals surface area (Å²) in [6, 6.07) is 20.1. The summed E-state index contributed by atoms with van der Waals surface area (Å²) in [5.41, 5.74) is 7.46. The molecule has 0 spiro atoms. The van der Waals surface area contributed by atoms with Crippen molar-refractivity contribution < 1.29 is 4.79 Å². The number of amides is 1. The summed E-state index contributed by atoms with van der Waals surface area (Å²) in [6.45, 7) is 3.11. The molecule has 160 valence electrons. The van der Waals surface area contributed by atoms with Crippen LogP contribution >= 0.6 is 11.6 Å². The summed E-state index contributed by atoms with van der Waals surface area (Å²) < 4.78 is 0. The van der Waals surface area contributed by atoms with Crippen molar-refractivity contribution in [1.82, 2.24) is 4.90 Å². The van der Waals surface area contributed by atoms with Gasteiger partial charge in [0, 0.05) is 22.8 Å². The fraction of sp³-hybridized carbons (Fsp3) is 0.296. The quantitative estimate of drug-likeness (QED) is 0.518. The predicted octanol–water partition coefficient (Wildman–Crippen LogP) is 6.23. The van der Waals surface area contributed by atoms with E-state index in [0.29, 0.717) is 11.5 Å². The highest BCUT2D eigenvalue weighted by Gasteiger charge is 2.20. The monoisotopic (exact) mass is 432 g/mol. The van der Waals surface area contributed by atoms with Crippen LogP contribution in [0.3, 0.4) is 0 Å². The van der Waals surface area contributed by atoms with E-state index in [1.54, 1.807) is 0 Å². The van der Waals surface area contributed by atoms with Gasteiger partial charge in [-0.2, -0.15) is 0 Å². The molecule has 3 aromatic rings. The lowest BCUT2D eigenvalue weighted by atomic mass is 9.83. The highest BCUT2D eigenvalue weighted by molar-refractivity contribution is 6.30. The molecule has 0 radical (unpaired) electrons. The lowest BCUT2D eigenvalue weighted by Gasteiger charge is -2.27. The van der Waals surface area contributed by atoms with Crippen LogP contribution in [0, 0.1) is 12.8 Å². The van der Waals surface area contributed by atoms with E-state index in [0.717, 1.165) is 46.8 Å². The van der Waals surface area contributed by atoms with Crippen molar-refractivity contribution in [3.8, 4) is 11.1 Å². The number of aryl methyl sites for hydroxylation is 2. The van der Waals surface area contributed by atoms with Gasteiger partial charge in [0.15, 0.2) is 0 Å². The molecule has 4 rings (SSSR count). The van der Waals surface area contributed by atoms with Crippen LogP contribution in [0.1, 0.15) is 33.5 Å². The minimum absolute atomic E-state index is 0.0681. The Labute approximate surface area is 190 Å². The first-order valence-corrected chi connectivity index (χ1v) is 11.2. The van der Waals surface area contributed by atoms with Crippen molar-refractivity contribution >= 4 is 23.2 Å². The number of anilines is 1. The third kappa shape index (κ3) is 5.17. The minimum atomic E-state index is -0.0681. The molecule has 1 amide bonds. The first-order chi connectivity index (χ1) is 14.9. The van der Waals surface area contributed by atoms with Crippen LogP contribution < -0.4 is 5.32 Å². The van der Waals surface area contributed by atoms with Crippen molar-refractivity contribution in [3.63, 3.8) is 0 Å². The van der Waals surface area contributed by atoms with E-state index < -0.39 is 0 Å². The first-order valence-electron chi connectivity index (χ1n) is 10.8. The molecule has 0 bridgehead atoms. The zero-order valence-electron chi connectivity index (χ0n) is 18.4. The summed E-state index contributed by atoms with van der Waals surface area (Å²) in [4.78, 5) is 15.2. The summed E-state index contributed by atoms with van der Waals surface area (Å²) >= 11 is 5.99. The molecule has 0 heterocycles. The number of halogens is 1. The Bertz CT molecular complexity index is 1090. The SMILES string of the molecule is Cc1cc(-c2ccc(Cl)cc2)ccc1C(=O)Nc1ccc2c(c1)CCC(CN(C)C)C2. The second-order valence-corrected chi connectivity index (χ2v) is 9.28. The minimum Gasteiger partial charge on any atom is -0.322 e. The lowest BCUT2D eigenvalue weighted by molar-refractivity contribution is 0.102. The number of fused-ring (bicyclic) bond motifs is 1. The molecular weight excluding hydrogens is 404 g/mol. The van der Waals surface area contributed by atoms with Gasteiger partial charge in [-0.1, -0.05) is 41.9 Å². The number of benzene rings is 3. The molecule has 1 atom stereocenters. The molecule has 1 aliphatic rings. The number of hydrogen-bond acceptors (Lipinski definition) is 2. The van der Waals surface area contributed by atoms with Crippen molar-refractivity contribution in [2.75, 3.05) is 26.0 Å². The Kier molecular flexibility index (Phi) is 6.45. The fourth-order valence-electron chi connectivity index (χ4n) is 4.52. The van der Waals surface area contributed by atoms with Gasteiger partial charge in [0.1, 0.15) is 0 Å². The summed E-state index contributed by atoms with van der Waals surface area (Å²) in [6.07, 6.45) is 3.40. The maximum Gasteiger partial charge on any atom is 0.255 e. The van der Waals surface area contributed by atoms with Crippen LogP contribution in [-0.2, 0) is 12.8 Å². The summed E-state index contributed by atoms with van der Waals surface area (Å²) in [7, 11) is 4.27. The van der Waals surface area contributed by atoms with Crippen LogP contribution in [0.15, 0.2) is 60.7 Å². The molecule has 1 unspecified atom stereocenters. The molecule has 31 heavy (non-hydrogen) atoms. The number of hydrogen-bond donors (Lipinski definition) is 1. The van der Waals surface area contributed by atoms with Crippen molar-refractivity contribution in [2.45, 2.75) is 26.2 Å². The van der Waals surface area contributed by atoms with Crippen LogP contribution in [-0.4, -0.2) is 31.4 Å². The van der Waals surface area contributed by atoms with E-state index in [-0.39, 0.29) is 5.91 Å². The molecule has 4 heteroatoms. The van der Waals surface area contributed by atoms with E-state index in [2.05, 4.69) is 42.5 Å². The maximum atomic E-state index is 12.9. The molecule has 0 aliphatic heterocycles. The van der Waals surface area contributed by atoms with E-state index in [9.17, 15) is 4.79 Å². The molecular formula is C27H29ClN2O. The second-order valence-electron chi connectivity index (χ2n) is 8.85. The first kappa shape index (κ1) is 21.6. The molecule has 0 saturated carbocycles. The summed E-state index contributed by atoms with van der Waals surface area (Å²) in [5.74, 6) is 0.645. The normalized spacial score (nSPS) is 15.6. The molecule has 3 nitrogen and oxygen atoms in total. The number of carbonyl (C=O) groups is 1. The third-order valence-electron chi connectivity index (χ3n) is 6.07. The highest BCUT2D eigenvalue weighted by Crippen LogP contribution is 2.29. The van der Waals surface area contributed by atoms with Crippen molar-refractivity contribution in [1.29, 1.82) is 0 Å². The number of rotatable bonds is 5. The fourth-order valence-corrected chi connectivity index (χ4v) is 4.65. The topological polar surface area (TPSA) is 32.3 Å². The van der Waals surface area contributed by atoms with Gasteiger partial charge in [-0.15, -0.1) is 0 Å². The van der Waals surface area contributed by atoms with Crippen LogP contribution in [0.5, 0.6) is 0 Å². The average molecular weight is 433 g/mol. The summed E-state index contributed by atoms with van der Waals surface area (Å²) in [5, 5.41) is 3.81. The highest BCUT2D eigenvalue weighted by atomic mass is 35.5. The van der Waals surface area contributed by atoms with Gasteiger partial charge in [0.05, 0.1) is 0 Å². The van der Waals surface area contributed by atoms with Gasteiger partial charge in [0.2, 0.25) is 0 Å². The smallest absolute Gasteiger partial charge is 0.255 e. The maximum absolute atomic E-state index is 12.9. The molecule has 1 aliphatic carbocycles. The predicted molar refractivity (Wildman–Crippen MR) is 130 cm³/mol. The van der Waals surface area contributed by atoms with E-state index in [1.165, 1.54) is 17.5 Å². The number of nitrogens with one attached hydrogen (secondary N) is 1. The van der Waals surface area contributed by atoms with E-state index in [4.69, 9.17) is 11.6 Å². The van der Waals surface area contributed by atoms with Crippen molar-refractivity contribution in [3.05, 3.63) is 87.9 Å². The zero-order chi connectivity index (χ0) is 22.0. The number of nitrogens with zero attached hydrogens (tertiary/aromatic N) is 1. The lowest BCUT2D eigenvalue weighted by Crippen LogP contribution is -2.26. The second kappa shape index (κ2) is 9.25. The molecule has 0 saturated heterocycles. The Hall–Kier alpha value is -2.62. The Balaban J connectivity index is 1.47. The molecule has 0 fully saturated rings. The zero-order valence-corrected chi connectivity index (χ0v) is 19.2. The number of carbonyl (C=O) groups excluding carboxylic acids is 1. The molecule has 1 N–H and O–H groups in total. The van der Waals surface area contributed by atoms with Gasteiger partial charge >= 0.3 is 0 Å². The third-order valence-corrected chi connectivity index (χ3v) is 6.32. The Morgan fingerprint density at radius 1 is 1.00 bits per heavy atom. The Morgan fingerprint density at radius 2 is 1.74 bits per heavy atom. The standard InChI is InChI=1S/C27H29ClN2O/c1-18-14-21(20-6-10-24(28)11-7-20)9-13-26(18)27(31)29-25-12-8-22-15-19(17-30(2)3)4-5-23(22)16-25/h6-14,16,19H,4-5,15,17H2,1-3H3,(H,29,31). The average Bonchev–Trinajstić information content (AvgIpc) is 2.73. The van der Waals surface area contributed by atoms with Crippen LogP contribution in [0.4, 0.5) is 5.69 Å². The van der Waals surface area contributed by atoms with E-state index in [1.807, 2.05) is 49.4 Å². The van der Waals surface area contributed by atoms with Crippen LogP contribution in [0.25, 0.3) is 11.1 Å².